The number of anilines is 1. The topological polar surface area (TPSA) is 99.5 Å². The number of aliphatic carboxylic acids is 1. The van der Waals surface area contributed by atoms with Crippen molar-refractivity contribution in [3.63, 3.8) is 0 Å². The van der Waals surface area contributed by atoms with Crippen LogP contribution in [0.2, 0.25) is 5.02 Å². The molecule has 4 rings (SSSR count). The summed E-state index contributed by atoms with van der Waals surface area (Å²) in [4.78, 5) is 24.4. The molecule has 0 saturated carbocycles. The van der Waals surface area contributed by atoms with Crippen molar-refractivity contribution in [2.45, 2.75) is 44.1 Å². The van der Waals surface area contributed by atoms with Gasteiger partial charge in [0.25, 0.3) is 0 Å². The van der Waals surface area contributed by atoms with Gasteiger partial charge in [-0.1, -0.05) is 23.7 Å². The van der Waals surface area contributed by atoms with Crippen LogP contribution in [0.4, 0.5) is 18.9 Å². The summed E-state index contributed by atoms with van der Waals surface area (Å²) >= 11 is 6.12. The number of para-hydroxylation sites is 2. The number of aliphatic hydroxyl groups is 1. The zero-order valence-electron chi connectivity index (χ0n) is 21.0. The Balaban J connectivity index is 0.000000505. The number of aliphatic hydroxyl groups excluding tert-OH is 1. The molecule has 1 spiro atoms. The summed E-state index contributed by atoms with van der Waals surface area (Å²) in [6.07, 6.45) is -2.98. The highest BCUT2D eigenvalue weighted by Crippen LogP contribution is 2.42. The second-order valence-corrected chi connectivity index (χ2v) is 9.76. The van der Waals surface area contributed by atoms with Crippen LogP contribution in [-0.2, 0) is 16.0 Å². The van der Waals surface area contributed by atoms with Gasteiger partial charge in [0.05, 0.1) is 5.69 Å². The number of hydrogen-bond acceptors (Lipinski definition) is 6. The normalized spacial score (nSPS) is 17.0. The van der Waals surface area contributed by atoms with Crippen molar-refractivity contribution in [1.82, 2.24) is 4.90 Å². The first-order valence-corrected chi connectivity index (χ1v) is 12.3. The van der Waals surface area contributed by atoms with Crippen molar-refractivity contribution < 1.29 is 42.4 Å². The number of carbonyl (C=O) groups is 2. The number of likely N-dealkylation sites (tertiary alicyclic amines) is 1. The Morgan fingerprint density at radius 1 is 1.21 bits per heavy atom. The molecule has 1 amide bonds. The summed E-state index contributed by atoms with van der Waals surface area (Å²) in [7, 11) is 1.71. The molecule has 208 valence electrons. The van der Waals surface area contributed by atoms with Gasteiger partial charge < -0.3 is 29.5 Å². The number of hydrogen-bond donors (Lipinski definition) is 2. The van der Waals surface area contributed by atoms with Crippen LogP contribution >= 0.6 is 11.6 Å². The van der Waals surface area contributed by atoms with E-state index in [4.69, 9.17) is 31.0 Å². The van der Waals surface area contributed by atoms with Crippen LogP contribution in [0.5, 0.6) is 11.5 Å². The molecule has 0 aliphatic carbocycles. The van der Waals surface area contributed by atoms with Crippen molar-refractivity contribution in [3.8, 4) is 11.5 Å². The van der Waals surface area contributed by atoms with Crippen LogP contribution in [0.15, 0.2) is 42.5 Å². The van der Waals surface area contributed by atoms with Crippen LogP contribution in [0.3, 0.4) is 0 Å². The predicted octanol–water partition coefficient (Wildman–Crippen LogP) is 4.17. The maximum Gasteiger partial charge on any atom is 0.490 e. The van der Waals surface area contributed by atoms with Gasteiger partial charge in [0.15, 0.2) is 0 Å². The fourth-order valence-corrected chi connectivity index (χ4v) is 4.58. The number of fused-ring (bicyclic) bond motifs is 1. The van der Waals surface area contributed by atoms with E-state index in [0.717, 1.165) is 43.1 Å². The molecule has 0 aromatic heterocycles. The van der Waals surface area contributed by atoms with E-state index in [-0.39, 0.29) is 18.1 Å². The number of rotatable bonds is 6. The number of halogens is 4. The predicted molar refractivity (Wildman–Crippen MR) is 135 cm³/mol. The molecule has 2 aliphatic heterocycles. The fraction of sp³-hybridized carbons (Fsp3) is 0.462. The molecule has 0 bridgehead atoms. The monoisotopic (exact) mass is 558 g/mol. The highest BCUT2D eigenvalue weighted by molar-refractivity contribution is 6.30. The van der Waals surface area contributed by atoms with Gasteiger partial charge in [-0.25, -0.2) is 4.79 Å². The van der Waals surface area contributed by atoms with Crippen LogP contribution in [0.1, 0.15) is 25.3 Å². The van der Waals surface area contributed by atoms with Gasteiger partial charge >= 0.3 is 12.1 Å². The van der Waals surface area contributed by atoms with Crippen LogP contribution in [0.25, 0.3) is 0 Å². The van der Waals surface area contributed by atoms with Crippen molar-refractivity contribution in [2.75, 3.05) is 38.2 Å². The summed E-state index contributed by atoms with van der Waals surface area (Å²) in [6, 6.07) is 13.2. The minimum absolute atomic E-state index is 0.0719. The maximum absolute atomic E-state index is 11.7. The Labute approximate surface area is 223 Å². The van der Waals surface area contributed by atoms with E-state index in [9.17, 15) is 23.1 Å². The lowest BCUT2D eigenvalue weighted by Crippen LogP contribution is -2.49. The quantitative estimate of drug-likeness (QED) is 0.549. The van der Waals surface area contributed by atoms with E-state index in [0.29, 0.717) is 18.0 Å². The highest BCUT2D eigenvalue weighted by Gasteiger charge is 2.42. The number of carbonyl (C=O) groups excluding carboxylic acids is 1. The number of carboxylic acids is 1. The number of alkyl halides is 3. The third-order valence-electron chi connectivity index (χ3n) is 6.47. The molecule has 12 heteroatoms. The van der Waals surface area contributed by atoms with Crippen LogP contribution in [0, 0.1) is 0 Å². The summed E-state index contributed by atoms with van der Waals surface area (Å²) in [5.74, 6) is -1.29. The van der Waals surface area contributed by atoms with Gasteiger partial charge in [-0.3, -0.25) is 4.79 Å². The molecule has 2 N–H and O–H groups in total. The van der Waals surface area contributed by atoms with Crippen molar-refractivity contribution in [1.29, 1.82) is 0 Å². The van der Waals surface area contributed by atoms with Crippen molar-refractivity contribution >= 4 is 29.2 Å². The Bertz CT molecular complexity index is 1140. The van der Waals surface area contributed by atoms with E-state index >= 15 is 0 Å². The zero-order chi connectivity index (χ0) is 28.1. The number of ether oxygens (including phenoxy) is 2. The first-order valence-electron chi connectivity index (χ1n) is 11.9. The van der Waals surface area contributed by atoms with Gasteiger partial charge in [-0.15, -0.1) is 0 Å². The minimum atomic E-state index is -5.08. The first-order chi connectivity index (χ1) is 17.8. The average Bonchev–Trinajstić information content (AvgIpc) is 3.20. The molecule has 1 fully saturated rings. The SMILES string of the molecule is CC(=O)N(C)c1ccccc1OC[C@H](O)CN1CCC2(CC1)Cc1cc(Cl)ccc1O2.O=C(O)C(F)(F)F. The Morgan fingerprint density at radius 3 is 2.45 bits per heavy atom. The number of nitrogens with zero attached hydrogens (tertiary/aromatic N) is 2. The molecular formula is C26H30ClF3N2O6. The molecule has 38 heavy (non-hydrogen) atoms. The van der Waals surface area contributed by atoms with E-state index in [1.807, 2.05) is 42.5 Å². The summed E-state index contributed by atoms with van der Waals surface area (Å²) in [5, 5.41) is 18.4. The molecule has 2 aliphatic rings. The number of amides is 1. The minimum Gasteiger partial charge on any atom is -0.489 e. The number of carboxylic acid groups (broad SMARTS) is 1. The fourth-order valence-electron chi connectivity index (χ4n) is 4.39. The molecule has 0 unspecified atom stereocenters. The maximum atomic E-state index is 11.7. The van der Waals surface area contributed by atoms with Crippen LogP contribution in [-0.4, -0.2) is 78.2 Å². The second-order valence-electron chi connectivity index (χ2n) is 9.33. The zero-order valence-corrected chi connectivity index (χ0v) is 21.8. The largest absolute Gasteiger partial charge is 0.490 e. The third kappa shape index (κ3) is 7.75. The lowest BCUT2D eigenvalue weighted by atomic mass is 9.87. The smallest absolute Gasteiger partial charge is 0.489 e. The lowest BCUT2D eigenvalue weighted by molar-refractivity contribution is -0.192. The summed E-state index contributed by atoms with van der Waals surface area (Å²) < 4.78 is 43.9. The molecule has 0 radical (unpaired) electrons. The van der Waals surface area contributed by atoms with Gasteiger partial charge in [0, 0.05) is 57.9 Å². The standard InChI is InChI=1S/C24H29ClN2O4.C2HF3O2/c1-17(28)26(2)21-5-3-4-6-23(21)30-16-20(29)15-27-11-9-24(10-12-27)14-18-13-19(25)7-8-22(18)31-24;3-2(4,5)1(6)7/h3-8,13,20,29H,9-12,14-16H2,1-2H3;(H,6,7)/t20-;/m1./s1. The summed E-state index contributed by atoms with van der Waals surface area (Å²) in [6.45, 7) is 3.95. The van der Waals surface area contributed by atoms with E-state index in [1.165, 1.54) is 12.5 Å². The second kappa shape index (κ2) is 12.2. The van der Waals surface area contributed by atoms with Crippen molar-refractivity contribution in [3.05, 3.63) is 53.1 Å². The molecule has 1 saturated heterocycles. The molecule has 1 atom stereocenters. The van der Waals surface area contributed by atoms with Crippen molar-refractivity contribution in [2.24, 2.45) is 0 Å². The molecular weight excluding hydrogens is 529 g/mol. The highest BCUT2D eigenvalue weighted by atomic mass is 35.5. The average molecular weight is 559 g/mol. The third-order valence-corrected chi connectivity index (χ3v) is 6.71. The van der Waals surface area contributed by atoms with Gasteiger partial charge in [0.2, 0.25) is 5.91 Å². The first kappa shape index (κ1) is 29.5. The molecule has 8 nitrogen and oxygen atoms in total. The Morgan fingerprint density at radius 2 is 1.84 bits per heavy atom. The molecule has 2 heterocycles. The van der Waals surface area contributed by atoms with Crippen LogP contribution < -0.4 is 14.4 Å². The lowest BCUT2D eigenvalue weighted by Gasteiger charge is -2.39. The van der Waals surface area contributed by atoms with Gasteiger partial charge in [-0.2, -0.15) is 13.2 Å². The molecule has 2 aromatic carbocycles. The number of piperidine rings is 1. The van der Waals surface area contributed by atoms with Gasteiger partial charge in [0.1, 0.15) is 29.8 Å². The molecule has 2 aromatic rings. The Hall–Kier alpha value is -3.02. The Kier molecular flexibility index (Phi) is 9.50. The van der Waals surface area contributed by atoms with Gasteiger partial charge in [-0.05, 0) is 35.9 Å². The number of benzene rings is 2. The summed E-state index contributed by atoms with van der Waals surface area (Å²) in [5.41, 5.74) is 1.73. The van der Waals surface area contributed by atoms with E-state index < -0.39 is 18.2 Å². The van der Waals surface area contributed by atoms with E-state index in [1.54, 1.807) is 11.9 Å². The van der Waals surface area contributed by atoms with E-state index in [2.05, 4.69) is 4.90 Å². The number of β-amino-alcohol motifs (C(OH)–C–C–N with tert-alkyl or cyclic N) is 1.